The summed E-state index contributed by atoms with van der Waals surface area (Å²) in [7, 11) is 0. The molecule has 0 aromatic carbocycles. The number of rotatable bonds is 1. The zero-order valence-corrected chi connectivity index (χ0v) is 16.3. The summed E-state index contributed by atoms with van der Waals surface area (Å²) in [4.78, 5) is 9.97. The summed E-state index contributed by atoms with van der Waals surface area (Å²) >= 11 is 0. The number of hydrogen-bond acceptors (Lipinski definition) is 6. The monoisotopic (exact) mass is 408 g/mol. The quantitative estimate of drug-likeness (QED) is 0.771. The van der Waals surface area contributed by atoms with Crippen LogP contribution in [0.2, 0.25) is 0 Å². The summed E-state index contributed by atoms with van der Waals surface area (Å²) in [6.45, 7) is 5.32. The third-order valence-electron chi connectivity index (χ3n) is 6.26. The van der Waals surface area contributed by atoms with Crippen molar-refractivity contribution >= 4 is 17.6 Å². The average Bonchev–Trinajstić information content (AvgIpc) is 3.10. The second-order valence-electron chi connectivity index (χ2n) is 8.30. The fraction of sp³-hybridized carbons (Fsp3) is 0.632. The minimum Gasteiger partial charge on any atom is -0.487 e. The van der Waals surface area contributed by atoms with Gasteiger partial charge >= 0.3 is 6.18 Å². The Morgan fingerprint density at radius 1 is 1.24 bits per heavy atom. The SMILES string of the molecule is Cc1nn(C2CCC2)c2c1OC[C@@H]1CN(C[C@H]1C)c1nc(ncc1C(F)(F)F)N2. The molecule has 0 amide bonds. The lowest BCUT2D eigenvalue weighted by Crippen LogP contribution is -2.26. The third-order valence-corrected chi connectivity index (χ3v) is 6.26. The first-order valence-electron chi connectivity index (χ1n) is 9.99. The lowest BCUT2D eigenvalue weighted by atomic mass is 9.93. The Kier molecular flexibility index (Phi) is 4.15. The van der Waals surface area contributed by atoms with Crippen molar-refractivity contribution in [1.29, 1.82) is 0 Å². The van der Waals surface area contributed by atoms with E-state index in [-0.39, 0.29) is 29.6 Å². The number of fused-ring (bicyclic) bond motifs is 6. The maximum atomic E-state index is 13.6. The molecular formula is C19H23F3N6O. The number of halogens is 3. The molecule has 0 spiro atoms. The number of ether oxygens (including phenoxy) is 1. The number of nitrogens with one attached hydrogen (secondary N) is 1. The lowest BCUT2D eigenvalue weighted by molar-refractivity contribution is -0.137. The van der Waals surface area contributed by atoms with Crippen LogP contribution in [-0.4, -0.2) is 39.4 Å². The molecule has 2 atom stereocenters. The van der Waals surface area contributed by atoms with Crippen molar-refractivity contribution in [3.05, 3.63) is 17.5 Å². The highest BCUT2D eigenvalue weighted by Crippen LogP contribution is 2.42. The Bertz CT molecular complexity index is 939. The van der Waals surface area contributed by atoms with Crippen LogP contribution in [0.4, 0.5) is 30.8 Å². The number of alkyl halides is 3. The van der Waals surface area contributed by atoms with Crippen LogP contribution >= 0.6 is 0 Å². The Hall–Kier alpha value is -2.52. The fourth-order valence-corrected chi connectivity index (χ4v) is 4.31. The molecule has 4 heterocycles. The third kappa shape index (κ3) is 3.08. The molecule has 1 aliphatic carbocycles. The summed E-state index contributed by atoms with van der Waals surface area (Å²) in [6, 6.07) is 0.256. The van der Waals surface area contributed by atoms with Crippen LogP contribution in [0.1, 0.15) is 43.5 Å². The van der Waals surface area contributed by atoms with Crippen molar-refractivity contribution in [3.8, 4) is 5.75 Å². The second-order valence-corrected chi connectivity index (χ2v) is 8.30. The van der Waals surface area contributed by atoms with Gasteiger partial charge in [0.05, 0.1) is 12.6 Å². The highest BCUT2D eigenvalue weighted by molar-refractivity contribution is 5.62. The number of anilines is 3. The molecule has 2 aromatic rings. The Morgan fingerprint density at radius 3 is 2.72 bits per heavy atom. The largest absolute Gasteiger partial charge is 0.487 e. The molecule has 3 aliphatic rings. The highest BCUT2D eigenvalue weighted by atomic mass is 19.4. The normalized spacial score (nSPS) is 24.2. The Labute approximate surface area is 166 Å². The number of nitrogens with zero attached hydrogens (tertiary/aromatic N) is 5. The molecule has 2 aliphatic heterocycles. The number of aryl methyl sites for hydroxylation is 1. The van der Waals surface area contributed by atoms with E-state index in [4.69, 9.17) is 4.74 Å². The molecule has 1 saturated carbocycles. The first kappa shape index (κ1) is 18.5. The first-order valence-corrected chi connectivity index (χ1v) is 9.99. The molecule has 29 heavy (non-hydrogen) atoms. The molecule has 1 N–H and O–H groups in total. The summed E-state index contributed by atoms with van der Waals surface area (Å²) < 4.78 is 48.9. The summed E-state index contributed by atoms with van der Waals surface area (Å²) in [5.74, 6) is 1.60. The smallest absolute Gasteiger partial charge is 0.421 e. The highest BCUT2D eigenvalue weighted by Gasteiger charge is 2.41. The van der Waals surface area contributed by atoms with Gasteiger partial charge in [-0.3, -0.25) is 0 Å². The van der Waals surface area contributed by atoms with E-state index < -0.39 is 11.7 Å². The van der Waals surface area contributed by atoms with Crippen LogP contribution in [-0.2, 0) is 6.18 Å². The van der Waals surface area contributed by atoms with Crippen LogP contribution in [0.5, 0.6) is 5.75 Å². The fourth-order valence-electron chi connectivity index (χ4n) is 4.31. The van der Waals surface area contributed by atoms with Gasteiger partial charge in [0, 0.05) is 25.2 Å². The molecule has 0 radical (unpaired) electrons. The van der Waals surface area contributed by atoms with Crippen LogP contribution in [0.3, 0.4) is 0 Å². The minimum absolute atomic E-state index is 0.0702. The van der Waals surface area contributed by atoms with E-state index in [2.05, 4.69) is 20.4 Å². The van der Waals surface area contributed by atoms with Gasteiger partial charge in [-0.05, 0) is 32.1 Å². The van der Waals surface area contributed by atoms with E-state index >= 15 is 0 Å². The zero-order chi connectivity index (χ0) is 20.3. The summed E-state index contributed by atoms with van der Waals surface area (Å²) in [5, 5.41) is 7.75. The molecule has 10 heteroatoms. The van der Waals surface area contributed by atoms with Gasteiger partial charge < -0.3 is 15.0 Å². The first-order chi connectivity index (χ1) is 13.8. The Morgan fingerprint density at radius 2 is 2.03 bits per heavy atom. The number of hydrogen-bond donors (Lipinski definition) is 1. The van der Waals surface area contributed by atoms with Crippen LogP contribution in [0.25, 0.3) is 0 Å². The predicted molar refractivity (Wildman–Crippen MR) is 101 cm³/mol. The van der Waals surface area contributed by atoms with Gasteiger partial charge in [0.1, 0.15) is 17.1 Å². The van der Waals surface area contributed by atoms with Crippen LogP contribution < -0.4 is 15.0 Å². The molecule has 0 unspecified atom stereocenters. The topological polar surface area (TPSA) is 68.1 Å². The zero-order valence-electron chi connectivity index (χ0n) is 16.3. The summed E-state index contributed by atoms with van der Waals surface area (Å²) in [6.07, 6.45) is -0.475. The van der Waals surface area contributed by atoms with Gasteiger partial charge in [-0.25, -0.2) is 9.67 Å². The number of aromatic nitrogens is 4. The van der Waals surface area contributed by atoms with Crippen molar-refractivity contribution in [2.24, 2.45) is 11.8 Å². The van der Waals surface area contributed by atoms with Gasteiger partial charge in [0.2, 0.25) is 5.95 Å². The van der Waals surface area contributed by atoms with Gasteiger partial charge in [0.15, 0.2) is 11.6 Å². The van der Waals surface area contributed by atoms with E-state index in [1.54, 1.807) is 4.90 Å². The van der Waals surface area contributed by atoms with Crippen molar-refractivity contribution in [2.45, 2.75) is 45.3 Å². The Balaban J connectivity index is 1.64. The van der Waals surface area contributed by atoms with E-state index in [9.17, 15) is 13.2 Å². The molecular weight excluding hydrogens is 385 g/mol. The van der Waals surface area contributed by atoms with E-state index in [1.165, 1.54) is 0 Å². The standard InChI is InChI=1S/C19H23F3N6O/c1-10-7-27-8-12(10)9-29-15-11(2)26-28(13-4-3-5-13)17(15)25-18-23-6-14(16(27)24-18)19(20,21)22/h6,10,12-13H,3-5,7-9H2,1-2H3,(H,23,24,25)/t10-,12+/m1/s1. The average molecular weight is 408 g/mol. The van der Waals surface area contributed by atoms with Gasteiger partial charge in [-0.2, -0.15) is 23.3 Å². The van der Waals surface area contributed by atoms with Gasteiger partial charge in [-0.15, -0.1) is 0 Å². The maximum absolute atomic E-state index is 13.6. The van der Waals surface area contributed by atoms with Crippen molar-refractivity contribution < 1.29 is 17.9 Å². The van der Waals surface area contributed by atoms with E-state index in [0.29, 0.717) is 31.3 Å². The molecule has 1 saturated heterocycles. The predicted octanol–water partition coefficient (Wildman–Crippen LogP) is 3.93. The molecule has 7 nitrogen and oxygen atoms in total. The molecule has 5 rings (SSSR count). The van der Waals surface area contributed by atoms with Crippen molar-refractivity contribution in [3.63, 3.8) is 0 Å². The van der Waals surface area contributed by atoms with E-state index in [0.717, 1.165) is 31.2 Å². The second kappa shape index (κ2) is 6.50. The maximum Gasteiger partial charge on any atom is 0.421 e. The van der Waals surface area contributed by atoms with Gasteiger partial charge in [0.25, 0.3) is 0 Å². The summed E-state index contributed by atoms with van der Waals surface area (Å²) in [5.41, 5.74) is -0.0479. The van der Waals surface area contributed by atoms with Crippen molar-refractivity contribution in [2.75, 3.05) is 29.9 Å². The molecule has 4 bridgehead atoms. The van der Waals surface area contributed by atoms with Crippen molar-refractivity contribution in [1.82, 2.24) is 19.7 Å². The molecule has 2 aromatic heterocycles. The van der Waals surface area contributed by atoms with Crippen LogP contribution in [0.15, 0.2) is 6.20 Å². The van der Waals surface area contributed by atoms with E-state index in [1.807, 2.05) is 18.5 Å². The molecule has 156 valence electrons. The van der Waals surface area contributed by atoms with Gasteiger partial charge in [-0.1, -0.05) is 6.92 Å². The van der Waals surface area contributed by atoms with Crippen LogP contribution in [0, 0.1) is 18.8 Å². The lowest BCUT2D eigenvalue weighted by Gasteiger charge is -2.27. The minimum atomic E-state index is -4.51. The molecule has 2 fully saturated rings.